The number of benzene rings is 1. The highest BCUT2D eigenvalue weighted by Crippen LogP contribution is 2.69. The number of nitrogens with zero attached hydrogens (tertiary/aromatic N) is 3. The summed E-state index contributed by atoms with van der Waals surface area (Å²) in [6, 6.07) is 5.07. The summed E-state index contributed by atoms with van der Waals surface area (Å²) < 4.78 is 33.4. The van der Waals surface area contributed by atoms with E-state index >= 15 is 0 Å². The van der Waals surface area contributed by atoms with E-state index in [0.29, 0.717) is 38.4 Å². The minimum absolute atomic E-state index is 0.0108. The van der Waals surface area contributed by atoms with Crippen LogP contribution in [0.1, 0.15) is 18.9 Å². The highest BCUT2D eigenvalue weighted by atomic mass is 19.3. The van der Waals surface area contributed by atoms with Gasteiger partial charge in [0.2, 0.25) is 0 Å². The third kappa shape index (κ3) is 2.75. The third-order valence-corrected chi connectivity index (χ3v) is 6.28. The van der Waals surface area contributed by atoms with E-state index in [2.05, 4.69) is 4.90 Å². The van der Waals surface area contributed by atoms with Gasteiger partial charge in [-0.2, -0.15) is 0 Å². The summed E-state index contributed by atoms with van der Waals surface area (Å²) in [5.41, 5.74) is 0.473. The van der Waals surface area contributed by atoms with Crippen molar-refractivity contribution in [1.29, 1.82) is 0 Å². The molecule has 1 aromatic carbocycles. The van der Waals surface area contributed by atoms with Gasteiger partial charge in [-0.1, -0.05) is 13.0 Å². The second-order valence-corrected chi connectivity index (χ2v) is 7.76. The molecule has 4 rings (SSSR count). The molecular weight excluding hydrogens is 344 g/mol. The van der Waals surface area contributed by atoms with E-state index in [1.807, 2.05) is 0 Å². The quantitative estimate of drug-likeness (QED) is 0.605. The summed E-state index contributed by atoms with van der Waals surface area (Å²) in [5.74, 6) is -3.38. The van der Waals surface area contributed by atoms with Crippen LogP contribution in [0.25, 0.3) is 0 Å². The fraction of sp³-hybridized carbons (Fsp3) is 0.667. The maximum Gasteiger partial charge on any atom is 0.292 e. The normalized spacial score (nSPS) is 30.7. The zero-order valence-electron chi connectivity index (χ0n) is 14.8. The molecule has 2 unspecified atom stereocenters. The van der Waals surface area contributed by atoms with Gasteiger partial charge in [0.25, 0.3) is 11.6 Å². The molecule has 0 spiro atoms. The maximum atomic E-state index is 14.0. The topological polar surface area (TPSA) is 58.8 Å². The lowest BCUT2D eigenvalue weighted by molar-refractivity contribution is -0.384. The van der Waals surface area contributed by atoms with Crippen molar-refractivity contribution in [2.75, 3.05) is 44.3 Å². The number of piperidine rings is 1. The Morgan fingerprint density at radius 1 is 1.31 bits per heavy atom. The summed E-state index contributed by atoms with van der Waals surface area (Å²) in [4.78, 5) is 15.0. The number of ether oxygens (including phenoxy) is 1. The van der Waals surface area contributed by atoms with Gasteiger partial charge in [-0.05, 0) is 18.1 Å². The summed E-state index contributed by atoms with van der Waals surface area (Å²) >= 11 is 0. The molecule has 6 nitrogen and oxygen atoms in total. The lowest BCUT2D eigenvalue weighted by Crippen LogP contribution is -2.36. The number of nitro benzene ring substituents is 1. The van der Waals surface area contributed by atoms with Gasteiger partial charge in [0, 0.05) is 44.2 Å². The summed E-state index contributed by atoms with van der Waals surface area (Å²) in [6.07, 6.45) is 0.357. The molecule has 1 aliphatic carbocycles. The van der Waals surface area contributed by atoms with Crippen LogP contribution in [0.15, 0.2) is 18.2 Å². The fourth-order valence-corrected chi connectivity index (χ4v) is 4.32. The van der Waals surface area contributed by atoms with Crippen LogP contribution in [0, 0.1) is 21.4 Å². The Balaban J connectivity index is 1.57. The van der Waals surface area contributed by atoms with E-state index in [1.54, 1.807) is 24.0 Å². The Bertz CT molecular complexity index is 724. The van der Waals surface area contributed by atoms with Gasteiger partial charge >= 0.3 is 0 Å². The van der Waals surface area contributed by atoms with Crippen LogP contribution in [0.2, 0.25) is 0 Å². The second kappa shape index (κ2) is 6.13. The maximum absolute atomic E-state index is 14.0. The van der Waals surface area contributed by atoms with Crippen molar-refractivity contribution in [1.82, 2.24) is 4.90 Å². The van der Waals surface area contributed by atoms with Crippen molar-refractivity contribution in [3.63, 3.8) is 0 Å². The van der Waals surface area contributed by atoms with Gasteiger partial charge in [-0.15, -0.1) is 0 Å². The van der Waals surface area contributed by atoms with Gasteiger partial charge in [0.1, 0.15) is 5.69 Å². The molecule has 0 radical (unpaired) electrons. The lowest BCUT2D eigenvalue weighted by Gasteiger charge is -2.31. The van der Waals surface area contributed by atoms with Crippen molar-refractivity contribution in [2.45, 2.75) is 25.8 Å². The number of alkyl halides is 2. The highest BCUT2D eigenvalue weighted by molar-refractivity contribution is 5.65. The standard InChI is InChI=1S/C18H23F2N3O3/c1-17-4-5-22(12-16(17)18(17,19)20)15-10-13(2-3-14(15)23(24)25)11-21-6-8-26-9-7-21/h2-3,10,16H,4-9,11-12H2,1H3. The van der Waals surface area contributed by atoms with Crippen LogP contribution in [0.3, 0.4) is 0 Å². The van der Waals surface area contributed by atoms with Crippen molar-refractivity contribution in [3.8, 4) is 0 Å². The number of rotatable bonds is 4. The summed E-state index contributed by atoms with van der Waals surface area (Å²) in [7, 11) is 0. The molecule has 1 aromatic rings. The van der Waals surface area contributed by atoms with Crippen LogP contribution in [-0.4, -0.2) is 55.1 Å². The first-order valence-corrected chi connectivity index (χ1v) is 9.03. The smallest absolute Gasteiger partial charge is 0.292 e. The molecule has 3 fully saturated rings. The predicted octanol–water partition coefficient (Wildman–Crippen LogP) is 2.91. The molecule has 2 aliphatic heterocycles. The van der Waals surface area contributed by atoms with Crippen molar-refractivity contribution >= 4 is 11.4 Å². The highest BCUT2D eigenvalue weighted by Gasteiger charge is 2.78. The monoisotopic (exact) mass is 367 g/mol. The summed E-state index contributed by atoms with van der Waals surface area (Å²) in [5, 5.41) is 11.5. The molecule has 2 atom stereocenters. The molecule has 0 N–H and O–H groups in total. The van der Waals surface area contributed by atoms with E-state index < -0.39 is 22.2 Å². The number of fused-ring (bicyclic) bond motifs is 1. The van der Waals surface area contributed by atoms with Crippen LogP contribution in [0.5, 0.6) is 0 Å². The number of halogens is 2. The van der Waals surface area contributed by atoms with E-state index in [4.69, 9.17) is 4.74 Å². The molecule has 0 bridgehead atoms. The molecule has 0 amide bonds. The molecular formula is C18H23F2N3O3. The van der Waals surface area contributed by atoms with Gasteiger partial charge in [0.05, 0.1) is 24.1 Å². The first-order chi connectivity index (χ1) is 12.3. The first-order valence-electron chi connectivity index (χ1n) is 9.03. The number of anilines is 1. The van der Waals surface area contributed by atoms with Crippen molar-refractivity contribution in [2.24, 2.45) is 11.3 Å². The van der Waals surface area contributed by atoms with E-state index in [9.17, 15) is 18.9 Å². The van der Waals surface area contributed by atoms with Crippen LogP contribution >= 0.6 is 0 Å². The number of morpholine rings is 1. The third-order valence-electron chi connectivity index (χ3n) is 6.28. The van der Waals surface area contributed by atoms with Crippen molar-refractivity contribution < 1.29 is 18.4 Å². The Morgan fingerprint density at radius 2 is 2.04 bits per heavy atom. The van der Waals surface area contributed by atoms with Gasteiger partial charge in [-0.25, -0.2) is 8.78 Å². The zero-order valence-corrected chi connectivity index (χ0v) is 14.8. The van der Waals surface area contributed by atoms with Crippen molar-refractivity contribution in [3.05, 3.63) is 33.9 Å². The number of hydrogen-bond acceptors (Lipinski definition) is 5. The Hall–Kier alpha value is -1.80. The second-order valence-electron chi connectivity index (χ2n) is 7.76. The number of hydrogen-bond donors (Lipinski definition) is 0. The van der Waals surface area contributed by atoms with Gasteiger partial charge in [0.15, 0.2) is 0 Å². The first kappa shape index (κ1) is 17.6. The van der Waals surface area contributed by atoms with E-state index in [1.165, 1.54) is 6.07 Å². The Kier molecular flexibility index (Phi) is 4.15. The summed E-state index contributed by atoms with van der Waals surface area (Å²) in [6.45, 7) is 5.90. The van der Waals surface area contributed by atoms with Crippen LogP contribution < -0.4 is 4.90 Å². The molecule has 2 heterocycles. The van der Waals surface area contributed by atoms with Crippen LogP contribution in [-0.2, 0) is 11.3 Å². The van der Waals surface area contributed by atoms with E-state index in [-0.39, 0.29) is 12.2 Å². The molecule has 3 aliphatic rings. The Morgan fingerprint density at radius 3 is 2.69 bits per heavy atom. The molecule has 0 aromatic heterocycles. The molecule has 26 heavy (non-hydrogen) atoms. The largest absolute Gasteiger partial charge is 0.379 e. The zero-order chi connectivity index (χ0) is 18.5. The average Bonchev–Trinajstić information content (AvgIpc) is 3.07. The molecule has 142 valence electrons. The molecule has 8 heteroatoms. The fourth-order valence-electron chi connectivity index (χ4n) is 4.32. The van der Waals surface area contributed by atoms with E-state index in [0.717, 1.165) is 18.7 Å². The predicted molar refractivity (Wildman–Crippen MR) is 92.6 cm³/mol. The minimum atomic E-state index is -2.66. The minimum Gasteiger partial charge on any atom is -0.379 e. The van der Waals surface area contributed by atoms with Gasteiger partial charge < -0.3 is 9.64 Å². The lowest BCUT2D eigenvalue weighted by atomic mass is 9.96. The number of nitro groups is 1. The Labute approximate surface area is 150 Å². The van der Waals surface area contributed by atoms with Crippen LogP contribution in [0.4, 0.5) is 20.2 Å². The van der Waals surface area contributed by atoms with Gasteiger partial charge in [-0.3, -0.25) is 15.0 Å². The SMILES string of the molecule is CC12CCN(c3cc(CN4CCOCC4)ccc3[N+](=O)[O-])CC1C2(F)F. The molecule has 2 saturated heterocycles. The molecule has 1 saturated carbocycles. The average molecular weight is 367 g/mol.